The minimum absolute atomic E-state index is 0.586. The van der Waals surface area contributed by atoms with Gasteiger partial charge in [-0.05, 0) is 30.1 Å². The van der Waals surface area contributed by atoms with Gasteiger partial charge in [0.05, 0.1) is 0 Å². The van der Waals surface area contributed by atoms with Gasteiger partial charge in [-0.15, -0.1) is 0 Å². The molecule has 0 radical (unpaired) electrons. The highest BCUT2D eigenvalue weighted by Gasteiger charge is 2.13. The number of hydrogen-bond acceptors (Lipinski definition) is 1. The van der Waals surface area contributed by atoms with Crippen LogP contribution in [-0.4, -0.2) is 11.5 Å². The first kappa shape index (κ1) is 8.60. The highest BCUT2D eigenvalue weighted by atomic mass is 14.9. The second kappa shape index (κ2) is 3.46. The van der Waals surface area contributed by atoms with Crippen molar-refractivity contribution >= 4 is 10.9 Å². The van der Waals surface area contributed by atoms with E-state index >= 15 is 0 Å². The van der Waals surface area contributed by atoms with Crippen molar-refractivity contribution in [3.8, 4) is 0 Å². The second-order valence-electron chi connectivity index (χ2n) is 4.06. The summed E-state index contributed by atoms with van der Waals surface area (Å²) in [5.41, 5.74) is 2.58. The maximum Gasteiger partial charge on any atom is 0.0456 e. The number of nitrogens with one attached hydrogen (secondary N) is 2. The van der Waals surface area contributed by atoms with Crippen molar-refractivity contribution in [2.24, 2.45) is 0 Å². The van der Waals surface area contributed by atoms with Crippen molar-refractivity contribution in [3.63, 3.8) is 0 Å². The fourth-order valence-corrected chi connectivity index (χ4v) is 2.16. The number of aromatic amines is 1. The van der Waals surface area contributed by atoms with Crippen molar-refractivity contribution in [2.75, 3.05) is 6.54 Å². The lowest BCUT2D eigenvalue weighted by atomic mass is 9.99. The molecule has 3 rings (SSSR count). The van der Waals surface area contributed by atoms with Crippen molar-refractivity contribution < 1.29 is 0 Å². The number of hydrogen-bond donors (Lipinski definition) is 2. The van der Waals surface area contributed by atoms with Crippen LogP contribution in [0.3, 0.4) is 0 Å². The lowest BCUT2D eigenvalue weighted by Crippen LogP contribution is -2.19. The monoisotopic (exact) mass is 198 g/mol. The Morgan fingerprint density at radius 2 is 2.13 bits per heavy atom. The van der Waals surface area contributed by atoms with Gasteiger partial charge < -0.3 is 10.3 Å². The average molecular weight is 198 g/mol. The Kier molecular flexibility index (Phi) is 1.98. The van der Waals surface area contributed by atoms with Crippen LogP contribution < -0.4 is 5.32 Å². The quantitative estimate of drug-likeness (QED) is 0.724. The lowest BCUT2D eigenvalue weighted by Gasteiger charge is -2.17. The van der Waals surface area contributed by atoms with Crippen LogP contribution >= 0.6 is 0 Å². The fourth-order valence-electron chi connectivity index (χ4n) is 2.16. The van der Waals surface area contributed by atoms with Crippen molar-refractivity contribution in [2.45, 2.75) is 12.3 Å². The van der Waals surface area contributed by atoms with Gasteiger partial charge in [0.2, 0.25) is 0 Å². The standard InChI is InChI=1S/C13H14N2/c1-2-6-12-10(4-1)8-13(15-12)11-5-3-7-14-9-11/h1-4,6-8,11,14-15H,5,9H2. The zero-order chi connectivity index (χ0) is 10.1. The first-order chi connectivity index (χ1) is 7.43. The van der Waals surface area contributed by atoms with Crippen LogP contribution in [0, 0.1) is 0 Å². The average Bonchev–Trinajstić information content (AvgIpc) is 2.74. The Morgan fingerprint density at radius 3 is 2.93 bits per heavy atom. The van der Waals surface area contributed by atoms with Gasteiger partial charge in [-0.1, -0.05) is 24.3 Å². The van der Waals surface area contributed by atoms with E-state index in [4.69, 9.17) is 0 Å². The summed E-state index contributed by atoms with van der Waals surface area (Å²) in [7, 11) is 0. The van der Waals surface area contributed by atoms with Gasteiger partial charge in [0.1, 0.15) is 0 Å². The summed E-state index contributed by atoms with van der Waals surface area (Å²) in [6.45, 7) is 1.03. The molecule has 2 aromatic rings. The molecule has 0 saturated carbocycles. The smallest absolute Gasteiger partial charge is 0.0456 e. The van der Waals surface area contributed by atoms with E-state index in [0.717, 1.165) is 13.0 Å². The molecule has 1 aliphatic rings. The SMILES string of the molecule is C1=CNCC(c2cc3ccccc3[nH]2)C1. The molecule has 1 aliphatic heterocycles. The molecule has 2 heteroatoms. The number of aromatic nitrogens is 1. The van der Waals surface area contributed by atoms with Crippen LogP contribution in [0.5, 0.6) is 0 Å². The number of allylic oxidation sites excluding steroid dienone is 1. The summed E-state index contributed by atoms with van der Waals surface area (Å²) < 4.78 is 0. The summed E-state index contributed by atoms with van der Waals surface area (Å²) in [5.74, 6) is 0.586. The van der Waals surface area contributed by atoms with E-state index in [9.17, 15) is 0 Å². The van der Waals surface area contributed by atoms with Gasteiger partial charge >= 0.3 is 0 Å². The van der Waals surface area contributed by atoms with Crippen LogP contribution in [0.4, 0.5) is 0 Å². The van der Waals surface area contributed by atoms with Crippen molar-refractivity contribution in [1.29, 1.82) is 0 Å². The summed E-state index contributed by atoms with van der Waals surface area (Å²) in [6.07, 6.45) is 5.36. The van der Waals surface area contributed by atoms with Crippen molar-refractivity contribution in [3.05, 3.63) is 48.3 Å². The summed E-state index contributed by atoms with van der Waals surface area (Å²) in [4.78, 5) is 3.49. The molecular weight excluding hydrogens is 184 g/mol. The van der Waals surface area contributed by atoms with E-state index in [0.29, 0.717) is 5.92 Å². The second-order valence-corrected chi connectivity index (χ2v) is 4.06. The zero-order valence-corrected chi connectivity index (χ0v) is 8.53. The highest BCUT2D eigenvalue weighted by molar-refractivity contribution is 5.80. The van der Waals surface area contributed by atoms with Crippen LogP contribution in [-0.2, 0) is 0 Å². The van der Waals surface area contributed by atoms with Gasteiger partial charge in [0.25, 0.3) is 0 Å². The molecule has 0 fully saturated rings. The van der Waals surface area contributed by atoms with Gasteiger partial charge in [-0.3, -0.25) is 0 Å². The molecule has 1 unspecified atom stereocenters. The predicted molar refractivity (Wildman–Crippen MR) is 62.8 cm³/mol. The Hall–Kier alpha value is -1.70. The van der Waals surface area contributed by atoms with Crippen LogP contribution in [0.2, 0.25) is 0 Å². The minimum Gasteiger partial charge on any atom is -0.390 e. The Labute approximate surface area is 89.0 Å². The third-order valence-electron chi connectivity index (χ3n) is 3.01. The topological polar surface area (TPSA) is 27.8 Å². The molecule has 2 N–H and O–H groups in total. The van der Waals surface area contributed by atoms with Crippen LogP contribution in [0.15, 0.2) is 42.6 Å². The number of H-pyrrole nitrogens is 1. The number of para-hydroxylation sites is 1. The molecule has 0 aliphatic carbocycles. The Balaban J connectivity index is 2.00. The molecule has 1 aromatic heterocycles. The zero-order valence-electron chi connectivity index (χ0n) is 8.53. The third-order valence-corrected chi connectivity index (χ3v) is 3.01. The molecule has 0 spiro atoms. The summed E-state index contributed by atoms with van der Waals surface area (Å²) in [6, 6.07) is 10.7. The van der Waals surface area contributed by atoms with Crippen LogP contribution in [0.1, 0.15) is 18.0 Å². The third kappa shape index (κ3) is 1.52. The minimum atomic E-state index is 0.586. The molecular formula is C13H14N2. The van der Waals surface area contributed by atoms with E-state index in [1.54, 1.807) is 0 Å². The number of rotatable bonds is 1. The molecule has 1 atom stereocenters. The first-order valence-electron chi connectivity index (χ1n) is 5.39. The van der Waals surface area contributed by atoms with E-state index in [-0.39, 0.29) is 0 Å². The van der Waals surface area contributed by atoms with E-state index < -0.39 is 0 Å². The number of fused-ring (bicyclic) bond motifs is 1. The Bertz CT molecular complexity index is 463. The summed E-state index contributed by atoms with van der Waals surface area (Å²) >= 11 is 0. The molecule has 0 bridgehead atoms. The summed E-state index contributed by atoms with van der Waals surface area (Å²) in [5, 5.41) is 4.58. The molecule has 2 nitrogen and oxygen atoms in total. The predicted octanol–water partition coefficient (Wildman–Crippen LogP) is 2.76. The van der Waals surface area contributed by atoms with Crippen molar-refractivity contribution in [1.82, 2.24) is 10.3 Å². The maximum absolute atomic E-state index is 3.49. The molecule has 0 amide bonds. The van der Waals surface area contributed by atoms with E-state index in [1.165, 1.54) is 16.6 Å². The highest BCUT2D eigenvalue weighted by Crippen LogP contribution is 2.24. The van der Waals surface area contributed by atoms with Gasteiger partial charge in [0.15, 0.2) is 0 Å². The lowest BCUT2D eigenvalue weighted by molar-refractivity contribution is 0.614. The van der Waals surface area contributed by atoms with E-state index in [2.05, 4.69) is 46.7 Å². The molecule has 15 heavy (non-hydrogen) atoms. The first-order valence-corrected chi connectivity index (χ1v) is 5.39. The largest absolute Gasteiger partial charge is 0.390 e. The van der Waals surface area contributed by atoms with Gasteiger partial charge in [-0.25, -0.2) is 0 Å². The van der Waals surface area contributed by atoms with Crippen LogP contribution in [0.25, 0.3) is 10.9 Å². The normalized spacial score (nSPS) is 20.4. The molecule has 76 valence electrons. The molecule has 2 heterocycles. The maximum atomic E-state index is 3.49. The van der Waals surface area contributed by atoms with Gasteiger partial charge in [0, 0.05) is 23.7 Å². The molecule has 1 aromatic carbocycles. The Morgan fingerprint density at radius 1 is 1.20 bits per heavy atom. The van der Waals surface area contributed by atoms with E-state index in [1.807, 2.05) is 6.20 Å². The number of benzene rings is 1. The molecule has 0 saturated heterocycles. The van der Waals surface area contributed by atoms with Gasteiger partial charge in [-0.2, -0.15) is 0 Å². The fraction of sp³-hybridized carbons (Fsp3) is 0.231.